The molecule has 1 amide bonds. The third kappa shape index (κ3) is 11.7. The average Bonchev–Trinajstić information content (AvgIpc) is 2.75. The molecule has 1 aliphatic heterocycles. The van der Waals surface area contributed by atoms with E-state index in [4.69, 9.17) is 9.84 Å². The number of carbonyl (C=O) groups excluding carboxylic acids is 1. The molecule has 5 heteroatoms. The molecule has 2 fully saturated rings. The van der Waals surface area contributed by atoms with Crippen molar-refractivity contribution in [1.82, 2.24) is 5.32 Å². The number of allylic oxidation sites excluding steroid dienone is 4. The highest BCUT2D eigenvalue weighted by atomic mass is 16.5. The molecule has 1 heterocycles. The molecule has 0 radical (unpaired) electrons. The maximum atomic E-state index is 11.8. The van der Waals surface area contributed by atoms with Crippen molar-refractivity contribution >= 4 is 5.91 Å². The third-order valence-electron chi connectivity index (χ3n) is 6.12. The van der Waals surface area contributed by atoms with Gasteiger partial charge in [-0.15, -0.1) is 0 Å². The highest BCUT2D eigenvalue weighted by Gasteiger charge is 2.33. The Morgan fingerprint density at radius 3 is 2.44 bits per heavy atom. The zero-order valence-corrected chi connectivity index (χ0v) is 20.6. The summed E-state index contributed by atoms with van der Waals surface area (Å²) in [7, 11) is 0. The van der Waals surface area contributed by atoms with Crippen LogP contribution in [0.2, 0.25) is 0 Å². The van der Waals surface area contributed by atoms with Gasteiger partial charge < -0.3 is 20.3 Å². The molecule has 0 spiro atoms. The van der Waals surface area contributed by atoms with Crippen LogP contribution in [0.5, 0.6) is 0 Å². The second-order valence-electron chi connectivity index (χ2n) is 9.67. The van der Waals surface area contributed by atoms with Crippen LogP contribution in [0, 0.1) is 11.8 Å². The molecular weight excluding hydrogens is 402 g/mol. The monoisotopic (exact) mass is 447 g/mol. The van der Waals surface area contributed by atoms with Crippen LogP contribution in [0.15, 0.2) is 48.8 Å². The molecule has 2 unspecified atom stereocenters. The maximum absolute atomic E-state index is 11.8. The quantitative estimate of drug-likeness (QED) is 0.251. The first-order valence-corrected chi connectivity index (χ1v) is 12.1. The third-order valence-corrected chi connectivity index (χ3v) is 6.12. The Kier molecular flexibility index (Phi) is 13.3. The van der Waals surface area contributed by atoms with Crippen LogP contribution < -0.4 is 5.32 Å². The van der Waals surface area contributed by atoms with E-state index in [1.807, 2.05) is 13.0 Å². The summed E-state index contributed by atoms with van der Waals surface area (Å²) < 4.78 is 6.15. The van der Waals surface area contributed by atoms with Crippen molar-refractivity contribution < 1.29 is 19.7 Å². The van der Waals surface area contributed by atoms with Gasteiger partial charge in [0.2, 0.25) is 5.91 Å². The second-order valence-corrected chi connectivity index (χ2v) is 9.67. The number of aliphatic hydroxyl groups is 2. The minimum atomic E-state index is -0.168. The van der Waals surface area contributed by atoms with Gasteiger partial charge in [-0.25, -0.2) is 0 Å². The normalized spacial score (nSPS) is 28.2. The van der Waals surface area contributed by atoms with Gasteiger partial charge in [-0.1, -0.05) is 43.4 Å². The fourth-order valence-electron chi connectivity index (χ4n) is 4.57. The summed E-state index contributed by atoms with van der Waals surface area (Å²) in [4.78, 5) is 11.8. The summed E-state index contributed by atoms with van der Waals surface area (Å²) in [6.07, 6.45) is 19.4. The number of hydrogen-bond acceptors (Lipinski definition) is 4. The fraction of sp³-hybridized carbons (Fsp3) is 0.667. The molecule has 182 valence electrons. The van der Waals surface area contributed by atoms with Crippen molar-refractivity contribution in [3.63, 3.8) is 0 Å². The highest BCUT2D eigenvalue weighted by Crippen LogP contribution is 2.33. The minimum Gasteiger partial charge on any atom is -0.516 e. The summed E-state index contributed by atoms with van der Waals surface area (Å²) in [5, 5.41) is 20.0. The van der Waals surface area contributed by atoms with Gasteiger partial charge in [0.1, 0.15) is 0 Å². The summed E-state index contributed by atoms with van der Waals surface area (Å²) in [6.45, 7) is 11.6. The number of aliphatic hydroxyl groups excluding tert-OH is 2. The predicted octanol–water partition coefficient (Wildman–Crippen LogP) is 5.77. The molecule has 1 aliphatic carbocycles. The molecule has 3 N–H and O–H groups in total. The topological polar surface area (TPSA) is 78.8 Å². The molecule has 0 bridgehead atoms. The lowest BCUT2D eigenvalue weighted by atomic mass is 9.83. The molecule has 5 nitrogen and oxygen atoms in total. The smallest absolute Gasteiger partial charge is 0.243 e. The van der Waals surface area contributed by atoms with E-state index in [0.717, 1.165) is 44.8 Å². The largest absolute Gasteiger partial charge is 0.516 e. The molecule has 1 saturated carbocycles. The average molecular weight is 448 g/mol. The van der Waals surface area contributed by atoms with E-state index in [1.165, 1.54) is 18.4 Å². The standard InChI is InChI=1S/C25H41NO3.C2H4O/c1-5-6-7-24(28)26-22-13-11-20(12-14-22)10-8-19(2)9-15-23-16-21(18-27)17-25(3,4)29-23;1-2-3/h6-9,15,20-23,27H,5,10-14,16-18H2,1-4H3,(H,26,28);2-3H,1H2/b7-6-,15-9+,19-8+;. The van der Waals surface area contributed by atoms with Crippen LogP contribution in [0.3, 0.4) is 0 Å². The SMILES string of the molecule is C=CO.CC/C=C\C(=O)NC1CCC(C/C=C(C)/C=C/C2CC(CO)CC(C)(C)O2)CC1. The van der Waals surface area contributed by atoms with Crippen LogP contribution in [-0.2, 0) is 9.53 Å². The highest BCUT2D eigenvalue weighted by molar-refractivity contribution is 5.87. The Bertz CT molecular complexity index is 642. The zero-order valence-electron chi connectivity index (χ0n) is 20.6. The summed E-state index contributed by atoms with van der Waals surface area (Å²) >= 11 is 0. The van der Waals surface area contributed by atoms with E-state index < -0.39 is 0 Å². The lowest BCUT2D eigenvalue weighted by Crippen LogP contribution is -2.39. The minimum absolute atomic E-state index is 0.0488. The van der Waals surface area contributed by atoms with Crippen LogP contribution in [0.1, 0.15) is 79.1 Å². The Morgan fingerprint density at radius 2 is 1.84 bits per heavy atom. The Morgan fingerprint density at radius 1 is 1.19 bits per heavy atom. The summed E-state index contributed by atoms with van der Waals surface area (Å²) in [6, 6.07) is 0.330. The van der Waals surface area contributed by atoms with E-state index in [-0.39, 0.29) is 24.2 Å². The Labute approximate surface area is 195 Å². The fourth-order valence-corrected chi connectivity index (χ4v) is 4.57. The van der Waals surface area contributed by atoms with Crippen molar-refractivity contribution in [1.29, 1.82) is 0 Å². The van der Waals surface area contributed by atoms with E-state index in [0.29, 0.717) is 17.9 Å². The first kappa shape index (κ1) is 28.2. The van der Waals surface area contributed by atoms with E-state index >= 15 is 0 Å². The van der Waals surface area contributed by atoms with Crippen molar-refractivity contribution in [2.45, 2.75) is 96.8 Å². The number of hydrogen-bond donors (Lipinski definition) is 3. The molecule has 0 aromatic rings. The molecule has 2 rings (SSSR count). The van der Waals surface area contributed by atoms with Crippen LogP contribution in [0.4, 0.5) is 0 Å². The lowest BCUT2D eigenvalue weighted by molar-refractivity contribution is -0.117. The van der Waals surface area contributed by atoms with E-state index in [9.17, 15) is 9.90 Å². The van der Waals surface area contributed by atoms with Crippen molar-refractivity contribution in [2.75, 3.05) is 6.61 Å². The van der Waals surface area contributed by atoms with Gasteiger partial charge in [-0.05, 0) is 90.0 Å². The summed E-state index contributed by atoms with van der Waals surface area (Å²) in [5.74, 6) is 1.08. The number of carbonyl (C=O) groups is 1. The van der Waals surface area contributed by atoms with Crippen molar-refractivity contribution in [3.05, 3.63) is 48.8 Å². The van der Waals surface area contributed by atoms with Crippen molar-refractivity contribution in [2.24, 2.45) is 11.8 Å². The Hall–Kier alpha value is -1.85. The number of ether oxygens (including phenoxy) is 1. The van der Waals surface area contributed by atoms with Crippen LogP contribution in [0.25, 0.3) is 0 Å². The van der Waals surface area contributed by atoms with Gasteiger partial charge in [0.05, 0.1) is 18.0 Å². The van der Waals surface area contributed by atoms with E-state index in [2.05, 4.69) is 50.9 Å². The number of nitrogens with one attached hydrogen (secondary N) is 1. The number of amides is 1. The number of rotatable bonds is 8. The van der Waals surface area contributed by atoms with Crippen molar-refractivity contribution in [3.8, 4) is 0 Å². The molecule has 1 saturated heterocycles. The van der Waals surface area contributed by atoms with Gasteiger partial charge in [-0.3, -0.25) is 4.79 Å². The van der Waals surface area contributed by atoms with Gasteiger partial charge in [0.15, 0.2) is 0 Å². The predicted molar refractivity (Wildman–Crippen MR) is 132 cm³/mol. The van der Waals surface area contributed by atoms with Crippen LogP contribution >= 0.6 is 0 Å². The van der Waals surface area contributed by atoms with E-state index in [1.54, 1.807) is 6.08 Å². The molecule has 0 aromatic carbocycles. The summed E-state index contributed by atoms with van der Waals surface area (Å²) in [5.41, 5.74) is 1.11. The van der Waals surface area contributed by atoms with Gasteiger partial charge >= 0.3 is 0 Å². The zero-order chi connectivity index (χ0) is 24.0. The molecule has 2 aliphatic rings. The first-order valence-electron chi connectivity index (χ1n) is 12.1. The molecular formula is C27H45NO4. The van der Waals surface area contributed by atoms with Gasteiger partial charge in [0, 0.05) is 12.6 Å². The van der Waals surface area contributed by atoms with Crippen LogP contribution in [-0.4, -0.2) is 40.5 Å². The van der Waals surface area contributed by atoms with Gasteiger partial charge in [0.25, 0.3) is 0 Å². The first-order chi connectivity index (χ1) is 15.2. The van der Waals surface area contributed by atoms with Gasteiger partial charge in [-0.2, -0.15) is 0 Å². The lowest BCUT2D eigenvalue weighted by Gasteiger charge is -2.39. The molecule has 2 atom stereocenters. The molecule has 0 aromatic heterocycles. The Balaban J connectivity index is 0.00000161. The second kappa shape index (κ2) is 15.1. The molecule has 32 heavy (non-hydrogen) atoms. The maximum Gasteiger partial charge on any atom is 0.243 e.